The van der Waals surface area contributed by atoms with E-state index in [1.807, 2.05) is 25.8 Å². The van der Waals surface area contributed by atoms with Crippen LogP contribution in [-0.4, -0.2) is 36.6 Å². The van der Waals surface area contributed by atoms with Crippen molar-refractivity contribution >= 4 is 5.91 Å². The van der Waals surface area contributed by atoms with Gasteiger partial charge in [-0.1, -0.05) is 34.6 Å². The number of amides is 1. The van der Waals surface area contributed by atoms with Gasteiger partial charge >= 0.3 is 0 Å². The second-order valence-electron chi connectivity index (χ2n) is 7.72. The van der Waals surface area contributed by atoms with Gasteiger partial charge in [0.2, 0.25) is 5.91 Å². The first-order valence-corrected chi connectivity index (χ1v) is 8.09. The molecule has 1 aliphatic carbocycles. The second-order valence-corrected chi connectivity index (χ2v) is 7.72. The predicted octanol–water partition coefficient (Wildman–Crippen LogP) is 3.86. The van der Waals surface area contributed by atoms with E-state index in [1.165, 1.54) is 0 Å². The van der Waals surface area contributed by atoms with Gasteiger partial charge in [-0.15, -0.1) is 0 Å². The summed E-state index contributed by atoms with van der Waals surface area (Å²) in [6.45, 7) is 11.6. The highest BCUT2D eigenvalue weighted by Crippen LogP contribution is 2.26. The molecule has 0 aliphatic heterocycles. The Labute approximate surface area is 125 Å². The summed E-state index contributed by atoms with van der Waals surface area (Å²) in [4.78, 5) is 14.0. The normalized spacial score (nSPS) is 23.9. The zero-order chi connectivity index (χ0) is 15.3. The third-order valence-corrected chi connectivity index (χ3v) is 4.24. The molecule has 20 heavy (non-hydrogen) atoms. The number of carbonyl (C=O) groups excluding carboxylic acids is 1. The molecular weight excluding hydrogens is 250 g/mol. The summed E-state index contributed by atoms with van der Waals surface area (Å²) in [6, 6.07) is 0.410. The molecular formula is C17H33NO2. The van der Waals surface area contributed by atoms with E-state index in [0.29, 0.717) is 17.6 Å². The van der Waals surface area contributed by atoms with Crippen molar-refractivity contribution in [1.29, 1.82) is 0 Å². The van der Waals surface area contributed by atoms with Gasteiger partial charge in [-0.3, -0.25) is 4.79 Å². The molecule has 0 aromatic rings. The van der Waals surface area contributed by atoms with Gasteiger partial charge in [0, 0.05) is 25.6 Å². The lowest BCUT2D eigenvalue weighted by atomic mass is 9.91. The maximum Gasteiger partial charge on any atom is 0.225 e. The monoisotopic (exact) mass is 283 g/mol. The summed E-state index contributed by atoms with van der Waals surface area (Å²) in [5.41, 5.74) is 0.348. The molecule has 0 aromatic heterocycles. The van der Waals surface area contributed by atoms with E-state index in [2.05, 4.69) is 20.8 Å². The summed E-state index contributed by atoms with van der Waals surface area (Å²) in [5, 5.41) is 0. The van der Waals surface area contributed by atoms with Crippen LogP contribution in [0.15, 0.2) is 0 Å². The van der Waals surface area contributed by atoms with Gasteiger partial charge < -0.3 is 9.64 Å². The van der Waals surface area contributed by atoms with Crippen LogP contribution in [0.25, 0.3) is 0 Å². The van der Waals surface area contributed by atoms with Crippen LogP contribution in [0.3, 0.4) is 0 Å². The zero-order valence-corrected chi connectivity index (χ0v) is 14.2. The highest BCUT2D eigenvalue weighted by atomic mass is 16.5. The first-order chi connectivity index (χ1) is 9.20. The Morgan fingerprint density at radius 1 is 1.20 bits per heavy atom. The maximum absolute atomic E-state index is 12.0. The highest BCUT2D eigenvalue weighted by molar-refractivity contribution is 5.78. The van der Waals surface area contributed by atoms with Crippen molar-refractivity contribution in [1.82, 2.24) is 4.90 Å². The average molecular weight is 283 g/mol. The Balaban J connectivity index is 2.28. The first kappa shape index (κ1) is 17.5. The molecule has 0 saturated heterocycles. The van der Waals surface area contributed by atoms with E-state index in [0.717, 1.165) is 38.7 Å². The third-order valence-electron chi connectivity index (χ3n) is 4.24. The number of nitrogens with zero attached hydrogens (tertiary/aromatic N) is 1. The smallest absolute Gasteiger partial charge is 0.225 e. The van der Waals surface area contributed by atoms with Crippen LogP contribution in [0.5, 0.6) is 0 Å². The fraction of sp³-hybridized carbons (Fsp3) is 0.941. The standard InChI is InChI=1S/C17H33NO2/c1-13(2)16(19)18(6)14-7-9-15(10-8-14)20-12-11-17(3,4)5/h13-15H,7-12H2,1-6H3. The molecule has 1 rings (SSSR count). The molecule has 118 valence electrons. The fourth-order valence-corrected chi connectivity index (χ4v) is 2.72. The van der Waals surface area contributed by atoms with Crippen molar-refractivity contribution in [2.75, 3.05) is 13.7 Å². The van der Waals surface area contributed by atoms with Gasteiger partial charge in [-0.05, 0) is 37.5 Å². The van der Waals surface area contributed by atoms with Crippen LogP contribution in [0, 0.1) is 11.3 Å². The van der Waals surface area contributed by atoms with E-state index in [4.69, 9.17) is 4.74 Å². The van der Waals surface area contributed by atoms with Crippen molar-refractivity contribution < 1.29 is 9.53 Å². The Bertz CT molecular complexity index is 299. The highest BCUT2D eigenvalue weighted by Gasteiger charge is 2.27. The molecule has 3 heteroatoms. The van der Waals surface area contributed by atoms with Crippen molar-refractivity contribution in [2.45, 2.75) is 78.9 Å². The molecule has 0 atom stereocenters. The molecule has 0 spiro atoms. The van der Waals surface area contributed by atoms with Crippen LogP contribution in [-0.2, 0) is 9.53 Å². The fourth-order valence-electron chi connectivity index (χ4n) is 2.72. The Kier molecular flexibility index (Phi) is 6.50. The Morgan fingerprint density at radius 2 is 1.75 bits per heavy atom. The van der Waals surface area contributed by atoms with Crippen molar-refractivity contribution in [3.8, 4) is 0 Å². The van der Waals surface area contributed by atoms with Crippen LogP contribution in [0.1, 0.15) is 66.7 Å². The zero-order valence-electron chi connectivity index (χ0n) is 14.2. The molecule has 1 saturated carbocycles. The van der Waals surface area contributed by atoms with E-state index in [1.54, 1.807) is 0 Å². The summed E-state index contributed by atoms with van der Waals surface area (Å²) in [7, 11) is 1.95. The molecule has 0 aromatic carbocycles. The van der Waals surface area contributed by atoms with E-state index in [9.17, 15) is 4.79 Å². The van der Waals surface area contributed by atoms with E-state index in [-0.39, 0.29) is 11.8 Å². The summed E-state index contributed by atoms with van der Waals surface area (Å²) in [5.74, 6) is 0.364. The first-order valence-electron chi connectivity index (χ1n) is 8.09. The number of hydrogen-bond acceptors (Lipinski definition) is 2. The largest absolute Gasteiger partial charge is 0.378 e. The molecule has 1 amide bonds. The number of ether oxygens (including phenoxy) is 1. The average Bonchev–Trinajstić information content (AvgIpc) is 2.36. The maximum atomic E-state index is 12.0. The molecule has 0 N–H and O–H groups in total. The molecule has 1 aliphatic rings. The Hall–Kier alpha value is -0.570. The molecule has 0 radical (unpaired) electrons. The molecule has 0 unspecified atom stereocenters. The lowest BCUT2D eigenvalue weighted by Gasteiger charge is -2.35. The third kappa shape index (κ3) is 5.82. The van der Waals surface area contributed by atoms with Crippen LogP contribution in [0.4, 0.5) is 0 Å². The lowest BCUT2D eigenvalue weighted by Crippen LogP contribution is -2.42. The number of hydrogen-bond donors (Lipinski definition) is 0. The van der Waals surface area contributed by atoms with Gasteiger partial charge in [0.25, 0.3) is 0 Å². The molecule has 3 nitrogen and oxygen atoms in total. The van der Waals surface area contributed by atoms with Gasteiger partial charge in [-0.2, -0.15) is 0 Å². The lowest BCUT2D eigenvalue weighted by molar-refractivity contribution is -0.136. The molecule has 1 fully saturated rings. The summed E-state index contributed by atoms with van der Waals surface area (Å²) < 4.78 is 5.99. The summed E-state index contributed by atoms with van der Waals surface area (Å²) in [6.07, 6.45) is 5.84. The van der Waals surface area contributed by atoms with Crippen LogP contribution >= 0.6 is 0 Å². The van der Waals surface area contributed by atoms with Crippen LogP contribution < -0.4 is 0 Å². The SMILES string of the molecule is CC(C)C(=O)N(C)C1CCC(OCCC(C)(C)C)CC1. The van der Waals surface area contributed by atoms with E-state index >= 15 is 0 Å². The topological polar surface area (TPSA) is 29.5 Å². The second kappa shape index (κ2) is 7.44. The Morgan fingerprint density at radius 3 is 2.20 bits per heavy atom. The number of rotatable bonds is 5. The van der Waals surface area contributed by atoms with Crippen LogP contribution in [0.2, 0.25) is 0 Å². The van der Waals surface area contributed by atoms with Crippen molar-refractivity contribution in [3.05, 3.63) is 0 Å². The van der Waals surface area contributed by atoms with Crippen molar-refractivity contribution in [2.24, 2.45) is 11.3 Å². The minimum absolute atomic E-state index is 0.0979. The van der Waals surface area contributed by atoms with Gasteiger partial charge in [0.05, 0.1) is 6.10 Å². The molecule has 0 heterocycles. The van der Waals surface area contributed by atoms with Gasteiger partial charge in [0.15, 0.2) is 0 Å². The minimum atomic E-state index is 0.0979. The number of carbonyl (C=O) groups is 1. The predicted molar refractivity (Wildman–Crippen MR) is 83.7 cm³/mol. The summed E-state index contributed by atoms with van der Waals surface area (Å²) >= 11 is 0. The van der Waals surface area contributed by atoms with Crippen molar-refractivity contribution in [3.63, 3.8) is 0 Å². The van der Waals surface area contributed by atoms with E-state index < -0.39 is 0 Å². The van der Waals surface area contributed by atoms with Gasteiger partial charge in [-0.25, -0.2) is 0 Å². The quantitative estimate of drug-likeness (QED) is 0.766. The molecule has 0 bridgehead atoms. The van der Waals surface area contributed by atoms with Gasteiger partial charge in [0.1, 0.15) is 0 Å². The minimum Gasteiger partial charge on any atom is -0.378 e.